The molecule has 0 saturated heterocycles. The summed E-state index contributed by atoms with van der Waals surface area (Å²) >= 11 is 1.44. The minimum absolute atomic E-state index is 0.0113. The van der Waals surface area contributed by atoms with Crippen LogP contribution in [0.4, 0.5) is 5.69 Å². The van der Waals surface area contributed by atoms with Crippen LogP contribution in [0, 0.1) is 10.1 Å². The Morgan fingerprint density at radius 2 is 2.00 bits per heavy atom. The number of oxime groups is 1. The van der Waals surface area contributed by atoms with Gasteiger partial charge in [-0.3, -0.25) is 10.1 Å². The lowest BCUT2D eigenvalue weighted by molar-refractivity contribution is -0.384. The van der Waals surface area contributed by atoms with Crippen LogP contribution in [0.25, 0.3) is 0 Å². The van der Waals surface area contributed by atoms with Gasteiger partial charge in [0, 0.05) is 17.7 Å². The number of hydrogen-bond acceptors (Lipinski definition) is 5. The molecule has 0 amide bonds. The van der Waals surface area contributed by atoms with E-state index in [1.165, 1.54) is 23.5 Å². The quantitative estimate of drug-likeness (QED) is 0.392. The van der Waals surface area contributed by atoms with Gasteiger partial charge in [0.25, 0.3) is 5.69 Å². The standard InChI is InChI=1S/C11H8N2O3S/c14-12-11(10-2-1-7-17-10)8-3-5-9(6-4-8)13(15)16/h1-7,14H/b12-11+. The third-order valence-electron chi connectivity index (χ3n) is 2.21. The van der Waals surface area contributed by atoms with Gasteiger partial charge in [0.15, 0.2) is 0 Å². The first-order valence-corrected chi connectivity index (χ1v) is 5.61. The summed E-state index contributed by atoms with van der Waals surface area (Å²) < 4.78 is 0. The summed E-state index contributed by atoms with van der Waals surface area (Å²) in [6.45, 7) is 0. The van der Waals surface area contributed by atoms with Crippen molar-refractivity contribution in [1.29, 1.82) is 0 Å². The van der Waals surface area contributed by atoms with Gasteiger partial charge in [-0.15, -0.1) is 11.3 Å². The smallest absolute Gasteiger partial charge is 0.269 e. The zero-order valence-corrected chi connectivity index (χ0v) is 9.42. The summed E-state index contributed by atoms with van der Waals surface area (Å²) in [4.78, 5) is 10.8. The summed E-state index contributed by atoms with van der Waals surface area (Å²) in [5.41, 5.74) is 1.06. The molecule has 0 aliphatic rings. The molecule has 6 heteroatoms. The fourth-order valence-electron chi connectivity index (χ4n) is 1.40. The molecule has 0 bridgehead atoms. The molecule has 0 spiro atoms. The maximum absolute atomic E-state index is 10.5. The highest BCUT2D eigenvalue weighted by atomic mass is 32.1. The Balaban J connectivity index is 2.37. The molecule has 0 aliphatic carbocycles. The zero-order valence-electron chi connectivity index (χ0n) is 8.61. The molecular formula is C11H8N2O3S. The van der Waals surface area contributed by atoms with Crippen LogP contribution in [0.2, 0.25) is 0 Å². The Morgan fingerprint density at radius 1 is 1.29 bits per heavy atom. The van der Waals surface area contributed by atoms with E-state index in [4.69, 9.17) is 5.21 Å². The second-order valence-corrected chi connectivity index (χ2v) is 4.18. The number of nitro benzene ring substituents is 1. The summed E-state index contributed by atoms with van der Waals surface area (Å²) in [5.74, 6) is 0. The van der Waals surface area contributed by atoms with Gasteiger partial charge in [0.05, 0.1) is 9.80 Å². The van der Waals surface area contributed by atoms with Crippen LogP contribution in [-0.2, 0) is 0 Å². The summed E-state index contributed by atoms with van der Waals surface area (Å²) in [6, 6.07) is 9.56. The van der Waals surface area contributed by atoms with Gasteiger partial charge < -0.3 is 5.21 Å². The van der Waals surface area contributed by atoms with E-state index in [1.807, 2.05) is 17.5 Å². The highest BCUT2D eigenvalue weighted by Crippen LogP contribution is 2.18. The first kappa shape index (κ1) is 11.3. The lowest BCUT2D eigenvalue weighted by Gasteiger charge is -2.01. The minimum Gasteiger partial charge on any atom is -0.410 e. The number of rotatable bonds is 3. The van der Waals surface area contributed by atoms with Crippen LogP contribution in [0.3, 0.4) is 0 Å². The molecular weight excluding hydrogens is 240 g/mol. The lowest BCUT2D eigenvalue weighted by atomic mass is 10.1. The molecule has 0 unspecified atom stereocenters. The second kappa shape index (κ2) is 4.75. The lowest BCUT2D eigenvalue weighted by Crippen LogP contribution is -2.01. The highest BCUT2D eigenvalue weighted by Gasteiger charge is 2.11. The Hall–Kier alpha value is -2.21. The van der Waals surface area contributed by atoms with Crippen molar-refractivity contribution in [2.75, 3.05) is 0 Å². The van der Waals surface area contributed by atoms with Crippen LogP contribution < -0.4 is 0 Å². The molecule has 0 fully saturated rings. The van der Waals surface area contributed by atoms with Gasteiger partial charge in [0.2, 0.25) is 0 Å². The van der Waals surface area contributed by atoms with Crippen LogP contribution in [0.15, 0.2) is 46.9 Å². The molecule has 1 N–H and O–H groups in total. The molecule has 2 aromatic rings. The average molecular weight is 248 g/mol. The van der Waals surface area contributed by atoms with Crippen molar-refractivity contribution in [1.82, 2.24) is 0 Å². The third-order valence-corrected chi connectivity index (χ3v) is 3.08. The predicted molar refractivity (Wildman–Crippen MR) is 64.8 cm³/mol. The number of nitrogens with zero attached hydrogens (tertiary/aromatic N) is 2. The van der Waals surface area contributed by atoms with Crippen molar-refractivity contribution in [2.24, 2.45) is 5.16 Å². The van der Waals surface area contributed by atoms with Gasteiger partial charge in [-0.1, -0.05) is 11.2 Å². The first-order valence-electron chi connectivity index (χ1n) is 4.73. The molecule has 0 saturated carbocycles. The Labute approximate surface area is 101 Å². The molecule has 1 aromatic heterocycles. The normalized spacial score (nSPS) is 11.4. The van der Waals surface area contributed by atoms with Crippen LogP contribution in [0.1, 0.15) is 10.4 Å². The monoisotopic (exact) mass is 248 g/mol. The Morgan fingerprint density at radius 3 is 2.47 bits per heavy atom. The van der Waals surface area contributed by atoms with E-state index in [1.54, 1.807) is 12.1 Å². The summed E-state index contributed by atoms with van der Waals surface area (Å²) in [5, 5.41) is 24.6. The molecule has 2 rings (SSSR count). The predicted octanol–water partition coefficient (Wildman–Crippen LogP) is 2.88. The zero-order chi connectivity index (χ0) is 12.3. The van der Waals surface area contributed by atoms with Crippen molar-refractivity contribution < 1.29 is 10.1 Å². The van der Waals surface area contributed by atoms with Crippen molar-refractivity contribution in [3.05, 3.63) is 62.3 Å². The van der Waals surface area contributed by atoms with E-state index >= 15 is 0 Å². The first-order chi connectivity index (χ1) is 8.22. The number of non-ortho nitro benzene ring substituents is 1. The van der Waals surface area contributed by atoms with Crippen molar-refractivity contribution in [3.8, 4) is 0 Å². The molecule has 0 radical (unpaired) electrons. The van der Waals surface area contributed by atoms with Gasteiger partial charge >= 0.3 is 0 Å². The largest absolute Gasteiger partial charge is 0.410 e. The second-order valence-electron chi connectivity index (χ2n) is 3.23. The Kier molecular flexibility index (Phi) is 3.15. The van der Waals surface area contributed by atoms with Gasteiger partial charge in [-0.25, -0.2) is 0 Å². The van der Waals surface area contributed by atoms with E-state index in [-0.39, 0.29) is 5.69 Å². The topological polar surface area (TPSA) is 75.7 Å². The van der Waals surface area contributed by atoms with Gasteiger partial charge in [-0.2, -0.15) is 0 Å². The number of nitro groups is 1. The van der Waals surface area contributed by atoms with Gasteiger partial charge in [0.1, 0.15) is 5.71 Å². The van der Waals surface area contributed by atoms with Crippen LogP contribution in [0.5, 0.6) is 0 Å². The third kappa shape index (κ3) is 2.31. The van der Waals surface area contributed by atoms with E-state index in [2.05, 4.69) is 5.16 Å². The van der Waals surface area contributed by atoms with Crippen molar-refractivity contribution in [2.45, 2.75) is 0 Å². The average Bonchev–Trinajstić information content (AvgIpc) is 2.84. The number of hydrogen-bond donors (Lipinski definition) is 1. The number of thiophene rings is 1. The molecule has 0 aliphatic heterocycles. The maximum Gasteiger partial charge on any atom is 0.269 e. The molecule has 0 atom stereocenters. The SMILES string of the molecule is O=[N+]([O-])c1ccc(/C(=N\O)c2cccs2)cc1. The van der Waals surface area contributed by atoms with Crippen molar-refractivity contribution >= 4 is 22.7 Å². The summed E-state index contributed by atoms with van der Waals surface area (Å²) in [7, 11) is 0. The molecule has 17 heavy (non-hydrogen) atoms. The van der Waals surface area contributed by atoms with Gasteiger partial charge in [-0.05, 0) is 23.6 Å². The van der Waals surface area contributed by atoms with Crippen molar-refractivity contribution in [3.63, 3.8) is 0 Å². The Bertz CT molecular complexity index is 547. The summed E-state index contributed by atoms with van der Waals surface area (Å²) in [6.07, 6.45) is 0. The highest BCUT2D eigenvalue weighted by molar-refractivity contribution is 7.12. The molecule has 86 valence electrons. The number of benzene rings is 1. The maximum atomic E-state index is 10.5. The van der Waals surface area contributed by atoms with E-state index in [0.29, 0.717) is 11.3 Å². The van der Waals surface area contributed by atoms with E-state index < -0.39 is 4.92 Å². The molecule has 5 nitrogen and oxygen atoms in total. The molecule has 1 aromatic carbocycles. The van der Waals surface area contributed by atoms with Crippen LogP contribution in [-0.4, -0.2) is 15.8 Å². The minimum atomic E-state index is -0.468. The molecule has 1 heterocycles. The van der Waals surface area contributed by atoms with Crippen LogP contribution >= 0.6 is 11.3 Å². The van der Waals surface area contributed by atoms with E-state index in [0.717, 1.165) is 4.88 Å². The van der Waals surface area contributed by atoms with E-state index in [9.17, 15) is 10.1 Å². The fraction of sp³-hybridized carbons (Fsp3) is 0. The fourth-order valence-corrected chi connectivity index (χ4v) is 2.13.